The van der Waals surface area contributed by atoms with Gasteiger partial charge in [-0.3, -0.25) is 9.59 Å². The first-order valence-electron chi connectivity index (χ1n) is 5.74. The van der Waals surface area contributed by atoms with Gasteiger partial charge in [-0.2, -0.15) is 5.26 Å². The number of hydrogen-bond donors (Lipinski definition) is 1. The third-order valence-corrected chi connectivity index (χ3v) is 2.41. The molecule has 0 saturated carbocycles. The first-order chi connectivity index (χ1) is 9.08. The summed E-state index contributed by atoms with van der Waals surface area (Å²) in [4.78, 5) is 24.5. The van der Waals surface area contributed by atoms with Crippen molar-refractivity contribution in [1.82, 2.24) is 5.32 Å². The van der Waals surface area contributed by atoms with Gasteiger partial charge in [-0.1, -0.05) is 12.1 Å². The smallest absolute Gasteiger partial charge is 0.240 e. The number of hydrogen-bond acceptors (Lipinski definition) is 3. The van der Waals surface area contributed by atoms with E-state index in [1.807, 2.05) is 6.07 Å². The van der Waals surface area contributed by atoms with Crippen molar-refractivity contribution in [2.45, 2.75) is 6.92 Å². The van der Waals surface area contributed by atoms with Gasteiger partial charge in [0.2, 0.25) is 11.8 Å². The lowest BCUT2D eigenvalue weighted by Gasteiger charge is -2.20. The Labute approximate surface area is 112 Å². The molecular formula is C14H15N3O2. The second kappa shape index (κ2) is 6.97. The highest BCUT2D eigenvalue weighted by atomic mass is 16.2. The van der Waals surface area contributed by atoms with Crippen molar-refractivity contribution in [1.29, 1.82) is 5.26 Å². The zero-order valence-electron chi connectivity index (χ0n) is 10.7. The number of nitrogens with zero attached hydrogens (tertiary/aromatic N) is 2. The molecule has 1 rings (SSSR count). The van der Waals surface area contributed by atoms with Gasteiger partial charge < -0.3 is 10.2 Å². The quantitative estimate of drug-likeness (QED) is 0.806. The molecule has 1 aromatic carbocycles. The molecule has 0 aromatic heterocycles. The molecule has 0 spiro atoms. The van der Waals surface area contributed by atoms with Crippen molar-refractivity contribution in [3.63, 3.8) is 0 Å². The molecule has 0 aliphatic carbocycles. The molecular weight excluding hydrogens is 242 g/mol. The van der Waals surface area contributed by atoms with E-state index in [1.54, 1.807) is 30.3 Å². The number of amides is 2. The standard InChI is InChI=1S/C14H15N3O2/c1-3-7-16-14(19)10-17(11(2)18)13-6-4-5-12(8-13)9-15/h3-6,8H,1,7,10H2,2H3,(H,16,19). The van der Waals surface area contributed by atoms with Crippen molar-refractivity contribution in [2.24, 2.45) is 0 Å². The van der Waals surface area contributed by atoms with E-state index in [4.69, 9.17) is 5.26 Å². The maximum atomic E-state index is 11.6. The number of carbonyl (C=O) groups is 2. The molecule has 5 heteroatoms. The van der Waals surface area contributed by atoms with Gasteiger partial charge in [0.1, 0.15) is 6.54 Å². The maximum absolute atomic E-state index is 11.6. The normalized spacial score (nSPS) is 9.26. The highest BCUT2D eigenvalue weighted by Crippen LogP contribution is 2.15. The largest absolute Gasteiger partial charge is 0.351 e. The fourth-order valence-electron chi connectivity index (χ4n) is 1.51. The van der Waals surface area contributed by atoms with Gasteiger partial charge in [0.05, 0.1) is 11.6 Å². The van der Waals surface area contributed by atoms with Gasteiger partial charge in [0.15, 0.2) is 0 Å². The Morgan fingerprint density at radius 2 is 2.26 bits per heavy atom. The molecule has 0 fully saturated rings. The van der Waals surface area contributed by atoms with Crippen molar-refractivity contribution in [3.8, 4) is 6.07 Å². The molecule has 2 amide bonds. The Balaban J connectivity index is 2.88. The van der Waals surface area contributed by atoms with Crippen LogP contribution in [0.5, 0.6) is 0 Å². The minimum atomic E-state index is -0.280. The highest BCUT2D eigenvalue weighted by molar-refractivity contribution is 5.97. The minimum Gasteiger partial charge on any atom is -0.351 e. The fourth-order valence-corrected chi connectivity index (χ4v) is 1.51. The van der Waals surface area contributed by atoms with E-state index in [9.17, 15) is 9.59 Å². The summed E-state index contributed by atoms with van der Waals surface area (Å²) in [5.74, 6) is -0.540. The van der Waals surface area contributed by atoms with Crippen molar-refractivity contribution < 1.29 is 9.59 Å². The molecule has 0 heterocycles. The third kappa shape index (κ3) is 4.28. The number of benzene rings is 1. The van der Waals surface area contributed by atoms with E-state index < -0.39 is 0 Å². The predicted octanol–water partition coefficient (Wildman–Crippen LogP) is 1.21. The van der Waals surface area contributed by atoms with Gasteiger partial charge in [-0.05, 0) is 18.2 Å². The summed E-state index contributed by atoms with van der Waals surface area (Å²) in [7, 11) is 0. The lowest BCUT2D eigenvalue weighted by Crippen LogP contribution is -2.39. The van der Waals surface area contributed by atoms with Gasteiger partial charge in [-0.25, -0.2) is 0 Å². The van der Waals surface area contributed by atoms with Crippen LogP contribution in [-0.4, -0.2) is 24.9 Å². The molecule has 1 N–H and O–H groups in total. The molecule has 98 valence electrons. The maximum Gasteiger partial charge on any atom is 0.240 e. The van der Waals surface area contributed by atoms with E-state index >= 15 is 0 Å². The van der Waals surface area contributed by atoms with E-state index in [0.717, 1.165) is 0 Å². The Morgan fingerprint density at radius 1 is 1.53 bits per heavy atom. The number of carbonyl (C=O) groups excluding carboxylic acids is 2. The molecule has 19 heavy (non-hydrogen) atoms. The molecule has 1 aromatic rings. The van der Waals surface area contributed by atoms with Crippen molar-refractivity contribution in [3.05, 3.63) is 42.5 Å². The molecule has 0 bridgehead atoms. The van der Waals surface area contributed by atoms with Crippen molar-refractivity contribution >= 4 is 17.5 Å². The van der Waals surface area contributed by atoms with Crippen LogP contribution in [0.15, 0.2) is 36.9 Å². The van der Waals surface area contributed by atoms with Crippen LogP contribution < -0.4 is 10.2 Å². The van der Waals surface area contributed by atoms with Crippen LogP contribution in [0.2, 0.25) is 0 Å². The Hall–Kier alpha value is -2.61. The van der Waals surface area contributed by atoms with Gasteiger partial charge in [0, 0.05) is 19.2 Å². The SMILES string of the molecule is C=CCNC(=O)CN(C(C)=O)c1cccc(C#N)c1. The summed E-state index contributed by atoms with van der Waals surface area (Å²) in [6, 6.07) is 8.56. The van der Waals surface area contributed by atoms with Gasteiger partial charge >= 0.3 is 0 Å². The van der Waals surface area contributed by atoms with Crippen LogP contribution in [0, 0.1) is 11.3 Å². The van der Waals surface area contributed by atoms with Gasteiger partial charge in [-0.15, -0.1) is 6.58 Å². The van der Waals surface area contributed by atoms with E-state index in [0.29, 0.717) is 17.8 Å². The highest BCUT2D eigenvalue weighted by Gasteiger charge is 2.15. The zero-order valence-corrected chi connectivity index (χ0v) is 10.7. The Morgan fingerprint density at radius 3 is 2.84 bits per heavy atom. The molecule has 0 saturated heterocycles. The Kier molecular flexibility index (Phi) is 5.30. The average Bonchev–Trinajstić information content (AvgIpc) is 2.42. The van der Waals surface area contributed by atoms with Crippen LogP contribution in [0.3, 0.4) is 0 Å². The topological polar surface area (TPSA) is 73.2 Å². The zero-order chi connectivity index (χ0) is 14.3. The minimum absolute atomic E-state index is 0.0853. The predicted molar refractivity (Wildman–Crippen MR) is 72.4 cm³/mol. The number of nitriles is 1. The summed E-state index contributed by atoms with van der Waals surface area (Å²) < 4.78 is 0. The molecule has 0 aliphatic heterocycles. The van der Waals surface area contributed by atoms with E-state index in [2.05, 4.69) is 11.9 Å². The summed E-state index contributed by atoms with van der Waals surface area (Å²) in [5.41, 5.74) is 0.968. The Bertz CT molecular complexity index is 532. The third-order valence-electron chi connectivity index (χ3n) is 2.41. The van der Waals surface area contributed by atoms with Crippen molar-refractivity contribution in [2.75, 3.05) is 18.0 Å². The summed E-state index contributed by atoms with van der Waals surface area (Å²) in [5, 5.41) is 11.4. The lowest BCUT2D eigenvalue weighted by molar-refractivity contribution is -0.122. The van der Waals surface area contributed by atoms with E-state index in [-0.39, 0.29) is 18.4 Å². The summed E-state index contributed by atoms with van der Waals surface area (Å²) >= 11 is 0. The summed E-state index contributed by atoms with van der Waals surface area (Å²) in [6.07, 6.45) is 1.56. The molecule has 0 atom stereocenters. The van der Waals surface area contributed by atoms with Crippen LogP contribution in [-0.2, 0) is 9.59 Å². The fraction of sp³-hybridized carbons (Fsp3) is 0.214. The molecule has 0 unspecified atom stereocenters. The monoisotopic (exact) mass is 257 g/mol. The van der Waals surface area contributed by atoms with E-state index in [1.165, 1.54) is 11.8 Å². The van der Waals surface area contributed by atoms with Crippen LogP contribution in [0.4, 0.5) is 5.69 Å². The average molecular weight is 257 g/mol. The number of rotatable bonds is 5. The first-order valence-corrected chi connectivity index (χ1v) is 5.74. The first kappa shape index (κ1) is 14.5. The lowest BCUT2D eigenvalue weighted by atomic mass is 10.2. The second-order valence-electron chi connectivity index (χ2n) is 3.86. The number of anilines is 1. The van der Waals surface area contributed by atoms with Crippen LogP contribution in [0.25, 0.3) is 0 Å². The summed E-state index contributed by atoms with van der Waals surface area (Å²) in [6.45, 7) is 5.14. The number of nitrogens with one attached hydrogen (secondary N) is 1. The van der Waals surface area contributed by atoms with Gasteiger partial charge in [0.25, 0.3) is 0 Å². The van der Waals surface area contributed by atoms with Crippen LogP contribution >= 0.6 is 0 Å². The molecule has 0 aliphatic rings. The molecule has 5 nitrogen and oxygen atoms in total. The second-order valence-corrected chi connectivity index (χ2v) is 3.86. The van der Waals surface area contributed by atoms with Crippen LogP contribution in [0.1, 0.15) is 12.5 Å². The molecule has 0 radical (unpaired) electrons.